The molecule has 3 nitrogen and oxygen atoms in total. The van der Waals surface area contributed by atoms with Crippen LogP contribution in [0.3, 0.4) is 0 Å². The summed E-state index contributed by atoms with van der Waals surface area (Å²) in [4.78, 5) is 4.09. The molecule has 0 atom stereocenters. The fraction of sp³-hybridized carbons (Fsp3) is 0.111. The summed E-state index contributed by atoms with van der Waals surface area (Å²) in [5.74, 6) is 1.04. The molecule has 0 aliphatic heterocycles. The van der Waals surface area contributed by atoms with E-state index in [1.165, 1.54) is 0 Å². The van der Waals surface area contributed by atoms with Crippen LogP contribution in [0.15, 0.2) is 27.2 Å². The molecule has 0 saturated heterocycles. The Morgan fingerprint density at radius 3 is 2.87 bits per heavy atom. The van der Waals surface area contributed by atoms with Gasteiger partial charge in [0.1, 0.15) is 0 Å². The first-order chi connectivity index (χ1) is 7.20. The number of nitrogens with zero attached hydrogens (tertiary/aromatic N) is 2. The van der Waals surface area contributed by atoms with Gasteiger partial charge in [0.25, 0.3) is 5.89 Å². The Morgan fingerprint density at radius 2 is 2.20 bits per heavy atom. The van der Waals surface area contributed by atoms with Crippen molar-refractivity contribution < 1.29 is 4.52 Å². The summed E-state index contributed by atoms with van der Waals surface area (Å²) in [7, 11) is 0. The molecular weight excluding hydrogens is 303 g/mol. The Balaban J connectivity index is 2.48. The SMILES string of the molecule is ClCc1noc(-c2cc(Br)ccc2Cl)n1. The monoisotopic (exact) mass is 306 g/mol. The van der Waals surface area contributed by atoms with Crippen LogP contribution in [0, 0.1) is 0 Å². The average Bonchev–Trinajstić information content (AvgIpc) is 2.70. The van der Waals surface area contributed by atoms with Gasteiger partial charge >= 0.3 is 0 Å². The predicted octanol–water partition coefficient (Wildman–Crippen LogP) is 3.89. The summed E-state index contributed by atoms with van der Waals surface area (Å²) in [5.41, 5.74) is 0.690. The molecule has 0 saturated carbocycles. The Hall–Kier alpha value is -0.580. The van der Waals surface area contributed by atoms with Crippen LogP contribution in [0.1, 0.15) is 5.82 Å². The normalized spacial score (nSPS) is 10.6. The summed E-state index contributed by atoms with van der Waals surface area (Å²) in [6.07, 6.45) is 0. The smallest absolute Gasteiger partial charge is 0.259 e. The number of benzene rings is 1. The predicted molar refractivity (Wildman–Crippen MR) is 62.0 cm³/mol. The molecule has 78 valence electrons. The third-order valence-corrected chi connectivity index (χ3v) is 2.81. The quantitative estimate of drug-likeness (QED) is 0.790. The Labute approximate surface area is 105 Å². The highest BCUT2D eigenvalue weighted by atomic mass is 79.9. The molecule has 1 heterocycles. The molecule has 0 bridgehead atoms. The number of halogens is 3. The lowest BCUT2D eigenvalue weighted by molar-refractivity contribution is 0.425. The lowest BCUT2D eigenvalue weighted by Crippen LogP contribution is -1.82. The molecule has 0 aliphatic carbocycles. The topological polar surface area (TPSA) is 38.9 Å². The molecule has 0 fully saturated rings. The maximum atomic E-state index is 6.00. The van der Waals surface area contributed by atoms with Crippen molar-refractivity contribution in [3.05, 3.63) is 33.5 Å². The number of hydrogen-bond acceptors (Lipinski definition) is 3. The minimum absolute atomic E-state index is 0.217. The van der Waals surface area contributed by atoms with Crippen molar-refractivity contribution >= 4 is 39.1 Å². The van der Waals surface area contributed by atoms with Gasteiger partial charge in [-0.3, -0.25) is 0 Å². The van der Waals surface area contributed by atoms with E-state index in [1.807, 2.05) is 12.1 Å². The zero-order valence-electron chi connectivity index (χ0n) is 7.38. The number of rotatable bonds is 2. The fourth-order valence-corrected chi connectivity index (χ4v) is 1.75. The summed E-state index contributed by atoms with van der Waals surface area (Å²) < 4.78 is 5.92. The second kappa shape index (κ2) is 4.51. The highest BCUT2D eigenvalue weighted by molar-refractivity contribution is 9.10. The average molecular weight is 308 g/mol. The van der Waals surface area contributed by atoms with Crippen molar-refractivity contribution in [1.29, 1.82) is 0 Å². The van der Waals surface area contributed by atoms with Crippen LogP contribution in [-0.4, -0.2) is 10.1 Å². The minimum Gasteiger partial charge on any atom is -0.334 e. The Bertz CT molecular complexity index is 487. The van der Waals surface area contributed by atoms with E-state index in [0.717, 1.165) is 4.47 Å². The van der Waals surface area contributed by atoms with E-state index in [1.54, 1.807) is 6.07 Å². The number of alkyl halides is 1. The molecule has 6 heteroatoms. The molecule has 0 unspecified atom stereocenters. The summed E-state index contributed by atoms with van der Waals surface area (Å²) in [5, 5.41) is 4.25. The van der Waals surface area contributed by atoms with Crippen molar-refractivity contribution in [3.63, 3.8) is 0 Å². The van der Waals surface area contributed by atoms with Gasteiger partial charge < -0.3 is 4.52 Å². The van der Waals surface area contributed by atoms with Crippen LogP contribution < -0.4 is 0 Å². The third-order valence-electron chi connectivity index (χ3n) is 1.75. The van der Waals surface area contributed by atoms with E-state index >= 15 is 0 Å². The van der Waals surface area contributed by atoms with E-state index in [0.29, 0.717) is 22.3 Å². The fourth-order valence-electron chi connectivity index (χ4n) is 1.08. The molecule has 0 radical (unpaired) electrons. The minimum atomic E-state index is 0.217. The first kappa shape index (κ1) is 10.9. The van der Waals surface area contributed by atoms with Gasteiger partial charge in [-0.05, 0) is 18.2 Å². The van der Waals surface area contributed by atoms with Gasteiger partial charge in [0, 0.05) is 4.47 Å². The number of hydrogen-bond donors (Lipinski definition) is 0. The van der Waals surface area contributed by atoms with Crippen molar-refractivity contribution in [2.45, 2.75) is 5.88 Å². The maximum Gasteiger partial charge on any atom is 0.259 e. The van der Waals surface area contributed by atoms with Gasteiger partial charge in [0.2, 0.25) is 0 Å². The van der Waals surface area contributed by atoms with Crippen molar-refractivity contribution in [1.82, 2.24) is 10.1 Å². The van der Waals surface area contributed by atoms with Crippen molar-refractivity contribution in [3.8, 4) is 11.5 Å². The van der Waals surface area contributed by atoms with Crippen LogP contribution in [0.2, 0.25) is 5.02 Å². The van der Waals surface area contributed by atoms with Gasteiger partial charge in [0.05, 0.1) is 16.5 Å². The lowest BCUT2D eigenvalue weighted by Gasteiger charge is -1.98. The standard InChI is InChI=1S/C9H5BrCl2N2O/c10-5-1-2-7(12)6(3-5)9-13-8(4-11)14-15-9/h1-3H,4H2. The molecule has 2 aromatic rings. The molecule has 0 spiro atoms. The van der Waals surface area contributed by atoms with E-state index in [9.17, 15) is 0 Å². The Kier molecular flexibility index (Phi) is 3.29. The summed E-state index contributed by atoms with van der Waals surface area (Å²) in [6, 6.07) is 5.41. The van der Waals surface area contributed by atoms with Crippen LogP contribution in [0.5, 0.6) is 0 Å². The summed E-state index contributed by atoms with van der Waals surface area (Å²) in [6.45, 7) is 0. The van der Waals surface area contributed by atoms with Crippen LogP contribution in [-0.2, 0) is 5.88 Å². The second-order valence-electron chi connectivity index (χ2n) is 2.77. The van der Waals surface area contributed by atoms with E-state index in [-0.39, 0.29) is 5.88 Å². The second-order valence-corrected chi connectivity index (χ2v) is 4.36. The highest BCUT2D eigenvalue weighted by Crippen LogP contribution is 2.29. The first-order valence-corrected chi connectivity index (χ1v) is 5.75. The molecule has 0 aliphatic rings. The summed E-state index contributed by atoms with van der Waals surface area (Å²) >= 11 is 14.9. The van der Waals surface area contributed by atoms with Crippen molar-refractivity contribution in [2.24, 2.45) is 0 Å². The van der Waals surface area contributed by atoms with Gasteiger partial charge in [-0.2, -0.15) is 4.98 Å². The molecule has 0 amide bonds. The Morgan fingerprint density at radius 1 is 1.40 bits per heavy atom. The van der Waals surface area contributed by atoms with Crippen molar-refractivity contribution in [2.75, 3.05) is 0 Å². The lowest BCUT2D eigenvalue weighted by atomic mass is 10.2. The molecular formula is C9H5BrCl2N2O. The maximum absolute atomic E-state index is 6.00. The largest absolute Gasteiger partial charge is 0.334 e. The van der Waals surface area contributed by atoms with E-state index < -0.39 is 0 Å². The zero-order valence-corrected chi connectivity index (χ0v) is 10.5. The highest BCUT2D eigenvalue weighted by Gasteiger charge is 2.11. The molecule has 15 heavy (non-hydrogen) atoms. The zero-order chi connectivity index (χ0) is 10.8. The molecule has 2 rings (SSSR count). The van der Waals surface area contributed by atoms with Gasteiger partial charge in [-0.1, -0.05) is 32.7 Å². The van der Waals surface area contributed by atoms with E-state index in [2.05, 4.69) is 26.1 Å². The van der Waals surface area contributed by atoms with E-state index in [4.69, 9.17) is 27.7 Å². The van der Waals surface area contributed by atoms with Gasteiger partial charge in [0.15, 0.2) is 5.82 Å². The number of aromatic nitrogens is 2. The molecule has 0 N–H and O–H groups in total. The van der Waals surface area contributed by atoms with Crippen LogP contribution in [0.4, 0.5) is 0 Å². The van der Waals surface area contributed by atoms with Gasteiger partial charge in [-0.25, -0.2) is 0 Å². The van der Waals surface area contributed by atoms with Crippen LogP contribution in [0.25, 0.3) is 11.5 Å². The van der Waals surface area contributed by atoms with Gasteiger partial charge in [-0.15, -0.1) is 11.6 Å². The third kappa shape index (κ3) is 2.33. The molecule has 1 aromatic carbocycles. The first-order valence-electron chi connectivity index (χ1n) is 4.04. The van der Waals surface area contributed by atoms with Crippen LogP contribution >= 0.6 is 39.1 Å². The molecule has 1 aromatic heterocycles.